The first-order valence-electron chi connectivity index (χ1n) is 4.81. The van der Waals surface area contributed by atoms with Gasteiger partial charge in [0.2, 0.25) is 5.95 Å². The van der Waals surface area contributed by atoms with Gasteiger partial charge in [0.15, 0.2) is 0 Å². The summed E-state index contributed by atoms with van der Waals surface area (Å²) in [5.74, 6) is 1.24. The monoisotopic (exact) mass is 190 g/mol. The van der Waals surface area contributed by atoms with E-state index < -0.39 is 0 Å². The van der Waals surface area contributed by atoms with Gasteiger partial charge in [-0.2, -0.15) is 4.98 Å². The molecule has 1 heterocycles. The fourth-order valence-corrected chi connectivity index (χ4v) is 1.77. The summed E-state index contributed by atoms with van der Waals surface area (Å²) in [6.07, 6.45) is 5.02. The fraction of sp³-hybridized carbons (Fsp3) is 0.400. The first-order chi connectivity index (χ1) is 6.81. The van der Waals surface area contributed by atoms with Crippen LogP contribution in [0.15, 0.2) is 12.7 Å². The third-order valence-electron chi connectivity index (χ3n) is 2.36. The zero-order chi connectivity index (χ0) is 9.97. The van der Waals surface area contributed by atoms with Gasteiger partial charge in [-0.25, -0.2) is 4.98 Å². The van der Waals surface area contributed by atoms with E-state index in [0.717, 1.165) is 30.8 Å². The van der Waals surface area contributed by atoms with Gasteiger partial charge in [0.05, 0.1) is 5.69 Å². The number of aromatic nitrogens is 2. The van der Waals surface area contributed by atoms with Crippen molar-refractivity contribution in [3.05, 3.63) is 23.9 Å². The van der Waals surface area contributed by atoms with Crippen LogP contribution in [0.1, 0.15) is 17.7 Å². The second-order valence-corrected chi connectivity index (χ2v) is 3.38. The van der Waals surface area contributed by atoms with Gasteiger partial charge in [-0.05, 0) is 19.3 Å². The van der Waals surface area contributed by atoms with Crippen molar-refractivity contribution < 1.29 is 0 Å². The third kappa shape index (κ3) is 1.55. The largest absolute Gasteiger partial charge is 0.368 e. The van der Waals surface area contributed by atoms with Crippen LogP contribution in [0, 0.1) is 0 Å². The number of anilines is 2. The number of nitrogens with one attached hydrogen (secondary N) is 1. The molecule has 0 unspecified atom stereocenters. The van der Waals surface area contributed by atoms with Gasteiger partial charge in [0.25, 0.3) is 0 Å². The van der Waals surface area contributed by atoms with E-state index in [-0.39, 0.29) is 0 Å². The van der Waals surface area contributed by atoms with Crippen LogP contribution in [0.3, 0.4) is 0 Å². The zero-order valence-electron chi connectivity index (χ0n) is 8.08. The van der Waals surface area contributed by atoms with Gasteiger partial charge in [-0.15, -0.1) is 6.58 Å². The summed E-state index contributed by atoms with van der Waals surface area (Å²) < 4.78 is 0. The average Bonchev–Trinajstić information content (AvgIpc) is 2.61. The van der Waals surface area contributed by atoms with Crippen molar-refractivity contribution in [2.75, 3.05) is 17.6 Å². The highest BCUT2D eigenvalue weighted by Gasteiger charge is 2.17. The highest BCUT2D eigenvalue weighted by atomic mass is 15.1. The Hall–Kier alpha value is -1.58. The Morgan fingerprint density at radius 1 is 1.43 bits per heavy atom. The molecule has 74 valence electrons. The van der Waals surface area contributed by atoms with Gasteiger partial charge >= 0.3 is 0 Å². The van der Waals surface area contributed by atoms with Gasteiger partial charge in [0.1, 0.15) is 5.82 Å². The molecule has 2 rings (SSSR count). The van der Waals surface area contributed by atoms with Crippen LogP contribution in [0.5, 0.6) is 0 Å². The number of nitrogen functional groups attached to an aromatic ring is 1. The second-order valence-electron chi connectivity index (χ2n) is 3.38. The number of hydrogen-bond donors (Lipinski definition) is 2. The number of nitrogens with zero attached hydrogens (tertiary/aromatic N) is 2. The quantitative estimate of drug-likeness (QED) is 0.702. The van der Waals surface area contributed by atoms with E-state index in [1.54, 1.807) is 6.08 Å². The smallest absolute Gasteiger partial charge is 0.222 e. The van der Waals surface area contributed by atoms with Crippen LogP contribution in [-0.4, -0.2) is 16.5 Å². The average molecular weight is 190 g/mol. The van der Waals surface area contributed by atoms with Gasteiger partial charge in [-0.3, -0.25) is 0 Å². The second kappa shape index (κ2) is 3.65. The maximum absolute atomic E-state index is 5.62. The summed E-state index contributed by atoms with van der Waals surface area (Å²) >= 11 is 0. The van der Waals surface area contributed by atoms with E-state index in [4.69, 9.17) is 5.73 Å². The molecule has 3 N–H and O–H groups in total. The molecule has 0 fully saturated rings. The maximum atomic E-state index is 5.62. The first kappa shape index (κ1) is 8.99. The molecule has 1 aromatic rings. The lowest BCUT2D eigenvalue weighted by atomic mass is 10.2. The molecule has 0 bridgehead atoms. The summed E-state index contributed by atoms with van der Waals surface area (Å²) in [7, 11) is 0. The van der Waals surface area contributed by atoms with Gasteiger partial charge < -0.3 is 11.1 Å². The molecule has 4 nitrogen and oxygen atoms in total. The molecule has 4 heteroatoms. The Labute approximate surface area is 83.3 Å². The standard InChI is InChI=1S/C10H14N4/c1-2-6-12-9-7-4-3-5-8(7)13-10(11)14-9/h2H,1,3-6H2,(H3,11,12,13,14). The lowest BCUT2D eigenvalue weighted by Gasteiger charge is -2.08. The normalized spacial score (nSPS) is 13.7. The van der Waals surface area contributed by atoms with Crippen LogP contribution >= 0.6 is 0 Å². The van der Waals surface area contributed by atoms with Crippen molar-refractivity contribution in [3.8, 4) is 0 Å². The Kier molecular flexibility index (Phi) is 2.35. The lowest BCUT2D eigenvalue weighted by Crippen LogP contribution is -2.08. The van der Waals surface area contributed by atoms with E-state index in [1.807, 2.05) is 0 Å². The van der Waals surface area contributed by atoms with E-state index in [1.165, 1.54) is 5.56 Å². The SMILES string of the molecule is C=CCNc1nc(N)nc2c1CCC2. The summed E-state index contributed by atoms with van der Waals surface area (Å²) in [6.45, 7) is 4.37. The van der Waals surface area contributed by atoms with E-state index in [0.29, 0.717) is 12.5 Å². The van der Waals surface area contributed by atoms with Crippen molar-refractivity contribution in [3.63, 3.8) is 0 Å². The molecule has 0 atom stereocenters. The molecule has 1 aliphatic rings. The molecule has 0 saturated heterocycles. The van der Waals surface area contributed by atoms with Crippen LogP contribution in [-0.2, 0) is 12.8 Å². The minimum Gasteiger partial charge on any atom is -0.368 e. The van der Waals surface area contributed by atoms with Crippen molar-refractivity contribution in [2.45, 2.75) is 19.3 Å². The molecule has 0 saturated carbocycles. The Morgan fingerprint density at radius 3 is 3.07 bits per heavy atom. The van der Waals surface area contributed by atoms with Crippen molar-refractivity contribution in [1.82, 2.24) is 9.97 Å². The van der Waals surface area contributed by atoms with E-state index in [2.05, 4.69) is 21.9 Å². The third-order valence-corrected chi connectivity index (χ3v) is 2.36. The van der Waals surface area contributed by atoms with Crippen molar-refractivity contribution in [1.29, 1.82) is 0 Å². The summed E-state index contributed by atoms with van der Waals surface area (Å²) in [4.78, 5) is 8.41. The molecule has 0 spiro atoms. The molecule has 1 aromatic heterocycles. The first-order valence-corrected chi connectivity index (χ1v) is 4.81. The van der Waals surface area contributed by atoms with Crippen molar-refractivity contribution >= 4 is 11.8 Å². The lowest BCUT2D eigenvalue weighted by molar-refractivity contribution is 0.900. The molecule has 1 aliphatic carbocycles. The van der Waals surface area contributed by atoms with E-state index >= 15 is 0 Å². The molecular weight excluding hydrogens is 176 g/mol. The topological polar surface area (TPSA) is 63.8 Å². The van der Waals surface area contributed by atoms with Crippen LogP contribution in [0.2, 0.25) is 0 Å². The summed E-state index contributed by atoms with van der Waals surface area (Å²) in [5, 5.41) is 3.19. The van der Waals surface area contributed by atoms with Crippen LogP contribution < -0.4 is 11.1 Å². The number of aryl methyl sites for hydroxylation is 1. The van der Waals surface area contributed by atoms with Gasteiger partial charge in [0, 0.05) is 12.1 Å². The minimum atomic E-state index is 0.359. The highest BCUT2D eigenvalue weighted by molar-refractivity contribution is 5.51. The Balaban J connectivity index is 2.33. The van der Waals surface area contributed by atoms with E-state index in [9.17, 15) is 0 Å². The summed E-state index contributed by atoms with van der Waals surface area (Å²) in [6, 6.07) is 0. The molecule has 0 aromatic carbocycles. The maximum Gasteiger partial charge on any atom is 0.222 e. The predicted molar refractivity (Wildman–Crippen MR) is 57.2 cm³/mol. The molecule has 0 amide bonds. The van der Waals surface area contributed by atoms with Crippen LogP contribution in [0.25, 0.3) is 0 Å². The molecule has 0 radical (unpaired) electrons. The Morgan fingerprint density at radius 2 is 2.29 bits per heavy atom. The number of fused-ring (bicyclic) bond motifs is 1. The van der Waals surface area contributed by atoms with Crippen molar-refractivity contribution in [2.24, 2.45) is 0 Å². The molecule has 14 heavy (non-hydrogen) atoms. The molecular formula is C10H14N4. The minimum absolute atomic E-state index is 0.359. The number of rotatable bonds is 3. The molecule has 0 aliphatic heterocycles. The highest BCUT2D eigenvalue weighted by Crippen LogP contribution is 2.26. The Bertz CT molecular complexity index is 359. The zero-order valence-corrected chi connectivity index (χ0v) is 8.08. The van der Waals surface area contributed by atoms with Gasteiger partial charge in [-0.1, -0.05) is 6.08 Å². The number of nitrogens with two attached hydrogens (primary N) is 1. The predicted octanol–water partition coefficient (Wildman–Crippen LogP) is 1.15. The van der Waals surface area contributed by atoms with Crippen LogP contribution in [0.4, 0.5) is 11.8 Å². The summed E-state index contributed by atoms with van der Waals surface area (Å²) in [5.41, 5.74) is 7.94. The number of hydrogen-bond acceptors (Lipinski definition) is 4. The fourth-order valence-electron chi connectivity index (χ4n) is 1.77.